The number of hydrogen-bond donors (Lipinski definition) is 1. The first kappa shape index (κ1) is 12.4. The van der Waals surface area contributed by atoms with E-state index in [4.69, 9.17) is 5.73 Å². The molecular weight excluding hydrogens is 238 g/mol. The molecule has 0 atom stereocenters. The standard InChI is InChI=1S/C14H21N5/c15-8-7-12-11-19-13(16-12)5-6-14(17-19)18-9-3-1-2-4-10-18/h5-6,11H,1-4,7-10,15H2. The van der Waals surface area contributed by atoms with Gasteiger partial charge in [-0.15, -0.1) is 5.10 Å². The molecule has 0 aliphatic carbocycles. The number of nitrogens with zero attached hydrogens (tertiary/aromatic N) is 4. The third kappa shape index (κ3) is 2.71. The maximum absolute atomic E-state index is 5.57. The Kier molecular flexibility index (Phi) is 3.64. The van der Waals surface area contributed by atoms with Gasteiger partial charge in [-0.2, -0.15) is 0 Å². The first-order valence-electron chi connectivity index (χ1n) is 7.17. The van der Waals surface area contributed by atoms with Gasteiger partial charge in [0.2, 0.25) is 0 Å². The van der Waals surface area contributed by atoms with Gasteiger partial charge < -0.3 is 10.6 Å². The largest absolute Gasteiger partial charge is 0.355 e. The Hall–Kier alpha value is -1.62. The van der Waals surface area contributed by atoms with Crippen LogP contribution in [0.25, 0.3) is 5.65 Å². The summed E-state index contributed by atoms with van der Waals surface area (Å²) in [4.78, 5) is 6.89. The van der Waals surface area contributed by atoms with Gasteiger partial charge in [0.15, 0.2) is 5.65 Å². The third-order valence-corrected chi connectivity index (χ3v) is 3.69. The van der Waals surface area contributed by atoms with Gasteiger partial charge in [0.1, 0.15) is 5.82 Å². The first-order valence-corrected chi connectivity index (χ1v) is 7.17. The zero-order valence-electron chi connectivity index (χ0n) is 11.3. The fraction of sp³-hybridized carbons (Fsp3) is 0.571. The van der Waals surface area contributed by atoms with E-state index in [9.17, 15) is 0 Å². The first-order chi connectivity index (χ1) is 9.36. The summed E-state index contributed by atoms with van der Waals surface area (Å²) < 4.78 is 1.88. The van der Waals surface area contributed by atoms with Crippen LogP contribution in [-0.2, 0) is 6.42 Å². The van der Waals surface area contributed by atoms with Crippen LogP contribution in [0.15, 0.2) is 18.3 Å². The molecule has 2 aromatic heterocycles. The van der Waals surface area contributed by atoms with Crippen molar-refractivity contribution < 1.29 is 0 Å². The van der Waals surface area contributed by atoms with E-state index in [2.05, 4.69) is 21.0 Å². The molecule has 3 rings (SSSR count). The molecule has 0 spiro atoms. The Morgan fingerprint density at radius 2 is 1.89 bits per heavy atom. The molecule has 1 saturated heterocycles. The van der Waals surface area contributed by atoms with E-state index in [0.29, 0.717) is 6.54 Å². The van der Waals surface area contributed by atoms with Crippen molar-refractivity contribution in [2.24, 2.45) is 5.73 Å². The van der Waals surface area contributed by atoms with E-state index < -0.39 is 0 Å². The lowest BCUT2D eigenvalue weighted by molar-refractivity contribution is 0.726. The Balaban J connectivity index is 1.87. The van der Waals surface area contributed by atoms with Gasteiger partial charge in [0.05, 0.1) is 11.9 Å². The van der Waals surface area contributed by atoms with Crippen LogP contribution in [0.3, 0.4) is 0 Å². The lowest BCUT2D eigenvalue weighted by atomic mass is 10.2. The summed E-state index contributed by atoms with van der Waals surface area (Å²) in [5.41, 5.74) is 7.49. The van der Waals surface area contributed by atoms with Crippen molar-refractivity contribution in [1.29, 1.82) is 0 Å². The van der Waals surface area contributed by atoms with E-state index in [1.54, 1.807) is 0 Å². The molecular formula is C14H21N5. The average Bonchev–Trinajstić information content (AvgIpc) is 2.63. The average molecular weight is 259 g/mol. The molecule has 5 heteroatoms. The van der Waals surface area contributed by atoms with E-state index in [-0.39, 0.29) is 0 Å². The number of imidazole rings is 1. The van der Waals surface area contributed by atoms with E-state index in [0.717, 1.165) is 36.7 Å². The van der Waals surface area contributed by atoms with E-state index >= 15 is 0 Å². The van der Waals surface area contributed by atoms with Crippen LogP contribution < -0.4 is 10.6 Å². The van der Waals surface area contributed by atoms with Gasteiger partial charge in [-0.05, 0) is 31.5 Å². The highest BCUT2D eigenvalue weighted by molar-refractivity contribution is 5.46. The van der Waals surface area contributed by atoms with Gasteiger partial charge in [-0.3, -0.25) is 0 Å². The second-order valence-electron chi connectivity index (χ2n) is 5.17. The van der Waals surface area contributed by atoms with Gasteiger partial charge in [0.25, 0.3) is 0 Å². The molecule has 2 aromatic rings. The van der Waals surface area contributed by atoms with Crippen molar-refractivity contribution in [2.45, 2.75) is 32.1 Å². The SMILES string of the molecule is NCCc1cn2nc(N3CCCCCC3)ccc2n1. The smallest absolute Gasteiger partial charge is 0.153 e. The zero-order chi connectivity index (χ0) is 13.1. The molecule has 0 unspecified atom stereocenters. The minimum atomic E-state index is 0.628. The number of nitrogens with two attached hydrogens (primary N) is 1. The van der Waals surface area contributed by atoms with Crippen molar-refractivity contribution >= 4 is 11.5 Å². The van der Waals surface area contributed by atoms with Crippen molar-refractivity contribution in [3.05, 3.63) is 24.0 Å². The highest BCUT2D eigenvalue weighted by Crippen LogP contribution is 2.17. The predicted octanol–water partition coefficient (Wildman–Crippen LogP) is 1.61. The van der Waals surface area contributed by atoms with Gasteiger partial charge in [0, 0.05) is 19.5 Å². The minimum Gasteiger partial charge on any atom is -0.355 e. The Morgan fingerprint density at radius 1 is 1.11 bits per heavy atom. The normalized spacial score (nSPS) is 16.8. The summed E-state index contributed by atoms with van der Waals surface area (Å²) in [6.07, 6.45) is 8.00. The van der Waals surface area contributed by atoms with Crippen molar-refractivity contribution in [2.75, 3.05) is 24.5 Å². The monoisotopic (exact) mass is 259 g/mol. The summed E-state index contributed by atoms with van der Waals surface area (Å²) in [6.45, 7) is 2.86. The third-order valence-electron chi connectivity index (χ3n) is 3.69. The molecule has 19 heavy (non-hydrogen) atoms. The molecule has 0 radical (unpaired) electrons. The maximum atomic E-state index is 5.57. The van der Waals surface area contributed by atoms with E-state index in [1.807, 2.05) is 16.8 Å². The number of rotatable bonds is 3. The molecule has 0 aromatic carbocycles. The summed E-state index contributed by atoms with van der Waals surface area (Å²) >= 11 is 0. The Labute approximate surface area is 113 Å². The molecule has 0 bridgehead atoms. The molecule has 1 fully saturated rings. The van der Waals surface area contributed by atoms with Gasteiger partial charge in [-0.25, -0.2) is 9.50 Å². The Bertz CT molecular complexity index is 540. The molecule has 3 heterocycles. The summed E-state index contributed by atoms with van der Waals surface area (Å²) in [7, 11) is 0. The van der Waals surface area contributed by atoms with Crippen LogP contribution in [0.1, 0.15) is 31.4 Å². The summed E-state index contributed by atoms with van der Waals surface area (Å²) in [5, 5.41) is 4.68. The topological polar surface area (TPSA) is 59.5 Å². The van der Waals surface area contributed by atoms with Crippen molar-refractivity contribution in [3.8, 4) is 0 Å². The molecule has 1 aliphatic rings. The molecule has 102 valence electrons. The van der Waals surface area contributed by atoms with Crippen LogP contribution in [0.2, 0.25) is 0 Å². The number of aromatic nitrogens is 3. The van der Waals surface area contributed by atoms with Gasteiger partial charge >= 0.3 is 0 Å². The van der Waals surface area contributed by atoms with Crippen molar-refractivity contribution in [3.63, 3.8) is 0 Å². The lowest BCUT2D eigenvalue weighted by Gasteiger charge is -2.20. The maximum Gasteiger partial charge on any atom is 0.153 e. The number of hydrogen-bond acceptors (Lipinski definition) is 4. The van der Waals surface area contributed by atoms with Gasteiger partial charge in [-0.1, -0.05) is 12.8 Å². The highest BCUT2D eigenvalue weighted by atomic mass is 15.3. The summed E-state index contributed by atoms with van der Waals surface area (Å²) in [6, 6.07) is 4.13. The van der Waals surface area contributed by atoms with Crippen LogP contribution in [0.5, 0.6) is 0 Å². The molecule has 0 amide bonds. The second kappa shape index (κ2) is 5.57. The van der Waals surface area contributed by atoms with Crippen LogP contribution in [-0.4, -0.2) is 34.2 Å². The fourth-order valence-electron chi connectivity index (χ4n) is 2.66. The molecule has 1 aliphatic heterocycles. The Morgan fingerprint density at radius 3 is 2.63 bits per heavy atom. The zero-order valence-corrected chi connectivity index (χ0v) is 11.3. The summed E-state index contributed by atoms with van der Waals surface area (Å²) in [5.74, 6) is 1.06. The minimum absolute atomic E-state index is 0.628. The van der Waals surface area contributed by atoms with Crippen LogP contribution in [0, 0.1) is 0 Å². The quantitative estimate of drug-likeness (QED) is 0.909. The fourth-order valence-corrected chi connectivity index (χ4v) is 2.66. The number of fused-ring (bicyclic) bond motifs is 1. The molecule has 5 nitrogen and oxygen atoms in total. The van der Waals surface area contributed by atoms with E-state index in [1.165, 1.54) is 25.7 Å². The van der Waals surface area contributed by atoms with Crippen LogP contribution >= 0.6 is 0 Å². The number of anilines is 1. The van der Waals surface area contributed by atoms with Crippen LogP contribution in [0.4, 0.5) is 5.82 Å². The predicted molar refractivity (Wildman–Crippen MR) is 76.4 cm³/mol. The molecule has 2 N–H and O–H groups in total. The van der Waals surface area contributed by atoms with Crippen molar-refractivity contribution in [1.82, 2.24) is 14.6 Å². The second-order valence-corrected chi connectivity index (χ2v) is 5.17. The highest BCUT2D eigenvalue weighted by Gasteiger charge is 2.12. The molecule has 0 saturated carbocycles. The lowest BCUT2D eigenvalue weighted by Crippen LogP contribution is -2.25.